The zero-order valence-electron chi connectivity index (χ0n) is 22.1. The number of aliphatic hydroxyl groups is 1. The van der Waals surface area contributed by atoms with Crippen LogP contribution in [0.15, 0.2) is 57.5 Å². The molecule has 2 fully saturated rings. The lowest BCUT2D eigenvalue weighted by atomic mass is 9.59. The number of furan rings is 1. The molecular weight excluding hydrogens is 500 g/mol. The molecule has 2 saturated heterocycles. The number of amides is 2. The van der Waals surface area contributed by atoms with Crippen LogP contribution in [-0.4, -0.2) is 52.3 Å². The number of hydrogen-bond acceptors (Lipinski definition) is 8. The van der Waals surface area contributed by atoms with Gasteiger partial charge in [-0.25, -0.2) is 0 Å². The Morgan fingerprint density at radius 3 is 2.67 bits per heavy atom. The molecule has 3 aliphatic rings. The second-order valence-corrected chi connectivity index (χ2v) is 10.6. The van der Waals surface area contributed by atoms with Crippen LogP contribution in [0.2, 0.25) is 6.32 Å². The first-order chi connectivity index (χ1) is 18.7. The van der Waals surface area contributed by atoms with Crippen molar-refractivity contribution in [3.05, 3.63) is 64.6 Å². The number of allylic oxidation sites excluding steroid dienone is 2. The van der Waals surface area contributed by atoms with Gasteiger partial charge in [-0.1, -0.05) is 30.2 Å². The van der Waals surface area contributed by atoms with Gasteiger partial charge in [0.05, 0.1) is 23.6 Å². The third-order valence-electron chi connectivity index (χ3n) is 8.25. The lowest BCUT2D eigenvalue weighted by Gasteiger charge is -2.42. The average Bonchev–Trinajstić information content (AvgIpc) is 3.47. The van der Waals surface area contributed by atoms with Crippen LogP contribution in [0.3, 0.4) is 0 Å². The van der Waals surface area contributed by atoms with E-state index in [0.717, 1.165) is 28.0 Å². The summed E-state index contributed by atoms with van der Waals surface area (Å²) in [6.45, 7) is 3.87. The molecule has 1 aliphatic carbocycles. The highest BCUT2D eigenvalue weighted by atomic mass is 16.5. The Balaban J connectivity index is 1.39. The summed E-state index contributed by atoms with van der Waals surface area (Å²) in [5.41, 5.74) is 3.65. The fourth-order valence-electron chi connectivity index (χ4n) is 6.42. The molecule has 2 amide bonds. The molecule has 5 rings (SSSR count). The monoisotopic (exact) mass is 533 g/mol. The Kier molecular flexibility index (Phi) is 7.98. The molecule has 0 saturated carbocycles. The Bertz CT molecular complexity index is 1320. The maximum absolute atomic E-state index is 13.7. The Morgan fingerprint density at radius 1 is 1.18 bits per heavy atom. The summed E-state index contributed by atoms with van der Waals surface area (Å²) in [5, 5.41) is 39.1. The van der Waals surface area contributed by atoms with E-state index in [1.165, 1.54) is 12.1 Å². The summed E-state index contributed by atoms with van der Waals surface area (Å²) in [5.74, 6) is -0.933. The van der Waals surface area contributed by atoms with Crippen LogP contribution in [0.5, 0.6) is 0 Å². The summed E-state index contributed by atoms with van der Waals surface area (Å²) in [6, 6.07) is 9.72. The summed E-state index contributed by atoms with van der Waals surface area (Å²) < 4.78 is 11.6. The molecule has 4 atom stereocenters. The highest BCUT2D eigenvalue weighted by Crippen LogP contribution is 2.51. The minimum atomic E-state index is -1.71. The van der Waals surface area contributed by atoms with Crippen molar-refractivity contribution in [1.82, 2.24) is 0 Å². The van der Waals surface area contributed by atoms with Crippen LogP contribution in [-0.2, 0) is 20.9 Å². The van der Waals surface area contributed by atoms with Gasteiger partial charge in [0.2, 0.25) is 11.8 Å². The SMILES string of the molecule is CC/C(=C\c1ccc(CO)o1)CC[C@H]1OB(O)C[C@H]2C1=C(C)C[C@H]1C(=O)N(c3cccc(B(O)O)c3)C(=O)[C@H]12. The van der Waals surface area contributed by atoms with Gasteiger partial charge >= 0.3 is 14.2 Å². The van der Waals surface area contributed by atoms with Crippen LogP contribution in [0.1, 0.15) is 51.1 Å². The average molecular weight is 533 g/mol. The second-order valence-electron chi connectivity index (χ2n) is 10.6. The first-order valence-corrected chi connectivity index (χ1v) is 13.5. The molecule has 3 heterocycles. The lowest BCUT2D eigenvalue weighted by Crippen LogP contribution is -2.46. The molecule has 11 heteroatoms. The Hall–Kier alpha value is -2.95. The summed E-state index contributed by atoms with van der Waals surface area (Å²) in [4.78, 5) is 28.4. The summed E-state index contributed by atoms with van der Waals surface area (Å²) in [7, 11) is -2.76. The van der Waals surface area contributed by atoms with E-state index in [-0.39, 0.29) is 42.2 Å². The van der Waals surface area contributed by atoms with E-state index in [9.17, 15) is 29.8 Å². The topological polar surface area (TPSA) is 141 Å². The third-order valence-corrected chi connectivity index (χ3v) is 8.25. The number of aliphatic hydroxyl groups excluding tert-OH is 1. The highest BCUT2D eigenvalue weighted by Gasteiger charge is 2.57. The van der Waals surface area contributed by atoms with Crippen LogP contribution >= 0.6 is 0 Å². The molecule has 1 aromatic heterocycles. The van der Waals surface area contributed by atoms with Crippen molar-refractivity contribution >= 4 is 43.3 Å². The van der Waals surface area contributed by atoms with Crippen molar-refractivity contribution in [3.8, 4) is 0 Å². The van der Waals surface area contributed by atoms with E-state index in [1.807, 2.05) is 19.1 Å². The van der Waals surface area contributed by atoms with Crippen molar-refractivity contribution in [3.63, 3.8) is 0 Å². The lowest BCUT2D eigenvalue weighted by molar-refractivity contribution is -0.122. The number of fused-ring (bicyclic) bond motifs is 3. The zero-order valence-corrected chi connectivity index (χ0v) is 22.1. The number of anilines is 1. The Labute approximate surface area is 228 Å². The van der Waals surface area contributed by atoms with E-state index in [4.69, 9.17) is 9.07 Å². The van der Waals surface area contributed by atoms with Gasteiger partial charge in [0.1, 0.15) is 18.1 Å². The van der Waals surface area contributed by atoms with E-state index in [2.05, 4.69) is 6.92 Å². The maximum Gasteiger partial charge on any atom is 0.488 e. The van der Waals surface area contributed by atoms with Gasteiger partial charge in [-0.15, -0.1) is 0 Å². The van der Waals surface area contributed by atoms with Crippen molar-refractivity contribution in [2.24, 2.45) is 17.8 Å². The van der Waals surface area contributed by atoms with Crippen LogP contribution in [0.25, 0.3) is 6.08 Å². The highest BCUT2D eigenvalue weighted by molar-refractivity contribution is 6.58. The van der Waals surface area contributed by atoms with Gasteiger partial charge in [-0.3, -0.25) is 14.5 Å². The minimum Gasteiger partial charge on any atom is -0.459 e. The minimum absolute atomic E-state index is 0.159. The van der Waals surface area contributed by atoms with E-state index >= 15 is 0 Å². The standard InChI is InChI=1S/C28H33B2NO8/c1-3-17(12-20-8-9-21(15-32)38-20)7-10-24-25-16(2)11-22-26(23(25)14-29(35)39-24)28(34)31(27(22)33)19-6-4-5-18(13-19)30(36)37/h4-6,8-9,12-13,22-24,26,32,35-37H,3,7,10-11,14-15H2,1-2H3/b17-12+/t22-,23+,24-,26-/m1/s1. The summed E-state index contributed by atoms with van der Waals surface area (Å²) in [6.07, 6.45) is 4.33. The van der Waals surface area contributed by atoms with E-state index in [0.29, 0.717) is 36.5 Å². The largest absolute Gasteiger partial charge is 0.488 e. The second kappa shape index (κ2) is 11.3. The number of rotatable bonds is 8. The predicted octanol–water partition coefficient (Wildman–Crippen LogP) is 2.05. The van der Waals surface area contributed by atoms with E-state index in [1.54, 1.807) is 18.2 Å². The van der Waals surface area contributed by atoms with Crippen molar-refractivity contribution < 1.29 is 38.8 Å². The molecule has 9 nitrogen and oxygen atoms in total. The van der Waals surface area contributed by atoms with Crippen LogP contribution in [0.4, 0.5) is 5.69 Å². The molecule has 204 valence electrons. The number of carbonyl (C=O) groups excluding carboxylic acids is 2. The molecule has 2 aliphatic heterocycles. The predicted molar refractivity (Wildman–Crippen MR) is 146 cm³/mol. The molecule has 2 aromatic rings. The smallest absolute Gasteiger partial charge is 0.459 e. The Morgan fingerprint density at radius 2 is 1.97 bits per heavy atom. The quantitative estimate of drug-likeness (QED) is 0.230. The van der Waals surface area contributed by atoms with Gasteiger partial charge in [-0.2, -0.15) is 0 Å². The van der Waals surface area contributed by atoms with Gasteiger partial charge in [0.25, 0.3) is 0 Å². The zero-order chi connectivity index (χ0) is 27.8. The van der Waals surface area contributed by atoms with Gasteiger partial charge in [0.15, 0.2) is 0 Å². The van der Waals surface area contributed by atoms with Crippen molar-refractivity contribution in [1.29, 1.82) is 0 Å². The third kappa shape index (κ3) is 5.29. The fraction of sp³-hybridized carbons (Fsp3) is 0.429. The molecule has 0 spiro atoms. The maximum atomic E-state index is 13.7. The van der Waals surface area contributed by atoms with Crippen molar-refractivity contribution in [2.75, 3.05) is 4.90 Å². The molecule has 39 heavy (non-hydrogen) atoms. The molecular formula is C28H33B2NO8. The number of imide groups is 1. The van der Waals surface area contributed by atoms with Crippen molar-refractivity contribution in [2.45, 2.75) is 58.6 Å². The van der Waals surface area contributed by atoms with Gasteiger partial charge in [-0.05, 0) is 86.2 Å². The fourth-order valence-corrected chi connectivity index (χ4v) is 6.42. The number of hydrogen-bond donors (Lipinski definition) is 4. The number of benzene rings is 1. The molecule has 1 aromatic carbocycles. The van der Waals surface area contributed by atoms with E-state index < -0.39 is 26.1 Å². The van der Waals surface area contributed by atoms with Crippen LogP contribution in [0, 0.1) is 17.8 Å². The molecule has 0 bridgehead atoms. The molecule has 0 unspecified atom stereocenters. The molecule has 4 N–H and O–H groups in total. The first-order valence-electron chi connectivity index (χ1n) is 13.5. The van der Waals surface area contributed by atoms with Gasteiger partial charge < -0.3 is 29.3 Å². The first kappa shape index (κ1) is 27.6. The number of carbonyl (C=O) groups is 2. The van der Waals surface area contributed by atoms with Gasteiger partial charge in [0, 0.05) is 0 Å². The molecule has 0 radical (unpaired) electrons. The number of nitrogens with zero attached hydrogens (tertiary/aromatic N) is 1. The normalized spacial score (nSPS) is 25.3. The van der Waals surface area contributed by atoms with Crippen LogP contribution < -0.4 is 10.4 Å². The summed E-state index contributed by atoms with van der Waals surface area (Å²) >= 11 is 0.